The number of halogens is 3. The quantitative estimate of drug-likeness (QED) is 0.0636. The SMILES string of the molecule is CC(C)(C)OC(=O)N(CC(F)(F)F)c1cc(-c2nc(C(=O)Nc3cn(-c4ccc(C(=O)NCCCn5cc(CCNc6cccc7c6C(=O)N(C6CCC(=O)NC6=O)C7=O)nn5)cc4)nc3C(N)=O)co2)ccn1. The van der Waals surface area contributed by atoms with E-state index in [0.717, 1.165) is 23.4 Å². The van der Waals surface area contributed by atoms with Gasteiger partial charge in [0, 0.05) is 61.7 Å². The number of aromatic nitrogens is 7. The largest absolute Gasteiger partial charge is 0.444 e. The number of fused-ring (bicyclic) bond motifs is 1. The second-order valence-corrected chi connectivity index (χ2v) is 17.8. The zero-order valence-corrected chi connectivity index (χ0v) is 39.6. The molecule has 2 aliphatic rings. The van der Waals surface area contributed by atoms with Crippen molar-refractivity contribution in [3.8, 4) is 17.1 Å². The van der Waals surface area contributed by atoms with Gasteiger partial charge in [-0.25, -0.2) is 19.4 Å². The predicted molar refractivity (Wildman–Crippen MR) is 252 cm³/mol. The molecule has 1 saturated heterocycles. The van der Waals surface area contributed by atoms with Crippen LogP contribution in [0.5, 0.6) is 0 Å². The van der Waals surface area contributed by atoms with Crippen molar-refractivity contribution in [3.05, 3.63) is 113 Å². The number of anilines is 3. The van der Waals surface area contributed by atoms with E-state index in [0.29, 0.717) is 53.5 Å². The summed E-state index contributed by atoms with van der Waals surface area (Å²) in [7, 11) is 0. The number of hydrogen-bond donors (Lipinski definition) is 5. The van der Waals surface area contributed by atoms with E-state index < -0.39 is 71.7 Å². The summed E-state index contributed by atoms with van der Waals surface area (Å²) in [5.41, 5.74) is 5.85. The number of benzene rings is 2. The molecule has 4 aromatic heterocycles. The zero-order valence-electron chi connectivity index (χ0n) is 39.6. The van der Waals surface area contributed by atoms with Gasteiger partial charge in [-0.15, -0.1) is 5.10 Å². The average molecular weight is 1020 g/mol. The molecule has 0 aliphatic carbocycles. The monoisotopic (exact) mass is 1020 g/mol. The van der Waals surface area contributed by atoms with Crippen LogP contribution in [0.4, 0.5) is 35.2 Å². The van der Waals surface area contributed by atoms with Crippen molar-refractivity contribution in [2.75, 3.05) is 35.2 Å². The predicted octanol–water partition coefficient (Wildman–Crippen LogP) is 4.04. The van der Waals surface area contributed by atoms with Crippen molar-refractivity contribution < 1.29 is 60.7 Å². The number of alkyl halides is 3. The highest BCUT2D eigenvalue weighted by atomic mass is 19.4. The number of carbonyl (C=O) groups excluding carboxylic acids is 8. The highest BCUT2D eigenvalue weighted by molar-refractivity contribution is 6.25. The Morgan fingerprint density at radius 3 is 2.45 bits per heavy atom. The molecule has 6 N–H and O–H groups in total. The van der Waals surface area contributed by atoms with E-state index >= 15 is 0 Å². The van der Waals surface area contributed by atoms with Crippen molar-refractivity contribution in [3.63, 3.8) is 0 Å². The van der Waals surface area contributed by atoms with Gasteiger partial charge < -0.3 is 30.8 Å². The smallest absolute Gasteiger partial charge is 0.416 e. The molecule has 1 fully saturated rings. The first-order valence-electron chi connectivity index (χ1n) is 22.7. The van der Waals surface area contributed by atoms with Crippen LogP contribution < -0.4 is 31.9 Å². The Balaban J connectivity index is 0.813. The lowest BCUT2D eigenvalue weighted by atomic mass is 10.0. The minimum Gasteiger partial charge on any atom is -0.444 e. The first-order chi connectivity index (χ1) is 35.1. The number of ether oxygens (including phenoxy) is 1. The third-order valence-corrected chi connectivity index (χ3v) is 11.1. The molecule has 8 rings (SSSR count). The Morgan fingerprint density at radius 2 is 1.73 bits per heavy atom. The lowest BCUT2D eigenvalue weighted by Gasteiger charge is -2.27. The summed E-state index contributed by atoms with van der Waals surface area (Å²) in [5.74, 6) is -5.25. The Labute approximate surface area is 416 Å². The van der Waals surface area contributed by atoms with E-state index in [1.54, 1.807) is 35.1 Å². The number of nitrogens with two attached hydrogens (primary N) is 1. The van der Waals surface area contributed by atoms with Gasteiger partial charge in [-0.2, -0.15) is 18.3 Å². The molecule has 0 spiro atoms. The van der Waals surface area contributed by atoms with Gasteiger partial charge in [0.25, 0.3) is 29.5 Å². The number of rotatable bonds is 17. The maximum atomic E-state index is 13.5. The van der Waals surface area contributed by atoms with E-state index in [1.807, 2.05) is 0 Å². The number of oxazole rings is 1. The fraction of sp³-hybridized carbons (Fsp3) is 0.298. The number of hydrogen-bond acceptors (Lipinski definition) is 16. The Morgan fingerprint density at radius 1 is 0.959 bits per heavy atom. The van der Waals surface area contributed by atoms with Crippen LogP contribution in [-0.2, 0) is 27.3 Å². The van der Waals surface area contributed by atoms with Crippen LogP contribution in [0, 0.1) is 0 Å². The molecule has 0 radical (unpaired) electrons. The molecule has 2 aromatic carbocycles. The van der Waals surface area contributed by atoms with E-state index in [1.165, 1.54) is 55.9 Å². The van der Waals surface area contributed by atoms with Crippen LogP contribution in [0.1, 0.15) is 97.8 Å². The standard InChI is InChI=1S/C47H45F3N14O10/c1-46(2,3)74-45(72)62(24-47(48,49)50)34-20-26(14-17-53-34)42-56-32(23-73-42)40(68)55-31-22-63(59-37(31)38(51)66)28-10-8-25(9-11-28)39(67)54-16-5-19-61-21-27(58-60-61)15-18-52-30-7-4-6-29-36(30)44(71)64(43(29)70)33-12-13-35(65)57-41(33)69/h4,6-11,14,17,20-23,33,52H,5,12-13,15-16,18-19,24H2,1-3H3,(H2,51,66)(H,54,67)(H,55,68)(H,57,65,69). The summed E-state index contributed by atoms with van der Waals surface area (Å²) < 4.78 is 53.9. The van der Waals surface area contributed by atoms with Crippen LogP contribution in [0.2, 0.25) is 0 Å². The van der Waals surface area contributed by atoms with Crippen LogP contribution in [-0.4, -0.2) is 125 Å². The molecule has 1 atom stereocenters. The summed E-state index contributed by atoms with van der Waals surface area (Å²) >= 11 is 0. The fourth-order valence-electron chi connectivity index (χ4n) is 7.77. The Hall–Kier alpha value is -9.30. The van der Waals surface area contributed by atoms with Gasteiger partial charge in [0.05, 0.1) is 34.4 Å². The third kappa shape index (κ3) is 11.7. The molecule has 6 aromatic rings. The zero-order chi connectivity index (χ0) is 53.1. The van der Waals surface area contributed by atoms with E-state index in [2.05, 4.69) is 46.6 Å². The first-order valence-corrected chi connectivity index (χ1v) is 22.7. The van der Waals surface area contributed by atoms with Gasteiger partial charge in [0.2, 0.25) is 17.7 Å². The van der Waals surface area contributed by atoms with Gasteiger partial charge in [0.1, 0.15) is 30.3 Å². The summed E-state index contributed by atoms with van der Waals surface area (Å²) in [5, 5.41) is 23.2. The van der Waals surface area contributed by atoms with Gasteiger partial charge in [-0.3, -0.25) is 53.4 Å². The third-order valence-electron chi connectivity index (χ3n) is 11.1. The molecule has 384 valence electrons. The Bertz CT molecular complexity index is 3200. The number of pyridine rings is 1. The van der Waals surface area contributed by atoms with Crippen molar-refractivity contribution in [2.45, 2.75) is 70.8 Å². The normalized spacial score (nSPS) is 14.6. The van der Waals surface area contributed by atoms with Crippen LogP contribution in [0.15, 0.2) is 83.9 Å². The number of amides is 8. The van der Waals surface area contributed by atoms with Crippen LogP contribution in [0.25, 0.3) is 17.1 Å². The van der Waals surface area contributed by atoms with Crippen molar-refractivity contribution >= 4 is 64.6 Å². The summed E-state index contributed by atoms with van der Waals surface area (Å²) in [6.07, 6.45) is 0.0135. The molecule has 0 saturated carbocycles. The van der Waals surface area contributed by atoms with Gasteiger partial charge in [0.15, 0.2) is 11.4 Å². The molecule has 1 unspecified atom stereocenters. The molecule has 8 amide bonds. The number of aryl methyl sites for hydroxylation is 1. The second-order valence-electron chi connectivity index (χ2n) is 17.8. The number of nitrogens with one attached hydrogen (secondary N) is 4. The van der Waals surface area contributed by atoms with E-state index in [9.17, 15) is 51.5 Å². The fourth-order valence-corrected chi connectivity index (χ4v) is 7.77. The minimum atomic E-state index is -4.80. The van der Waals surface area contributed by atoms with Gasteiger partial charge >= 0.3 is 12.3 Å². The first kappa shape index (κ1) is 51.1. The number of imide groups is 2. The van der Waals surface area contributed by atoms with Crippen molar-refractivity contribution in [1.29, 1.82) is 0 Å². The lowest BCUT2D eigenvalue weighted by molar-refractivity contribution is -0.136. The average Bonchev–Trinajstić information content (AvgIpc) is 4.16. The van der Waals surface area contributed by atoms with E-state index in [4.69, 9.17) is 14.9 Å². The maximum absolute atomic E-state index is 13.5. The second kappa shape index (κ2) is 20.8. The number of nitrogens with zero attached hydrogens (tertiary/aromatic N) is 9. The Kier molecular flexibility index (Phi) is 14.4. The minimum absolute atomic E-state index is 0.0139. The topological polar surface area (TPSA) is 314 Å². The summed E-state index contributed by atoms with van der Waals surface area (Å²) in [6.45, 7) is 3.82. The molecule has 6 heterocycles. The van der Waals surface area contributed by atoms with E-state index in [-0.39, 0.29) is 64.9 Å². The molecular formula is C47H45F3N14O10. The number of piperidine rings is 1. The summed E-state index contributed by atoms with van der Waals surface area (Å²) in [6, 6.07) is 12.3. The highest BCUT2D eigenvalue weighted by Gasteiger charge is 2.45. The lowest BCUT2D eigenvalue weighted by Crippen LogP contribution is -2.54. The molecular weight excluding hydrogens is 978 g/mol. The molecule has 2 aliphatic heterocycles. The molecule has 74 heavy (non-hydrogen) atoms. The van der Waals surface area contributed by atoms with Crippen LogP contribution in [0.3, 0.4) is 0 Å². The molecule has 24 nitrogen and oxygen atoms in total. The molecule has 0 bridgehead atoms. The van der Waals surface area contributed by atoms with Crippen molar-refractivity contribution in [1.82, 2.24) is 50.3 Å². The van der Waals surface area contributed by atoms with Gasteiger partial charge in [-0.1, -0.05) is 11.3 Å². The van der Waals surface area contributed by atoms with Gasteiger partial charge in [-0.05, 0) is 82.1 Å². The maximum Gasteiger partial charge on any atom is 0.416 e. The van der Waals surface area contributed by atoms with Crippen LogP contribution >= 0.6 is 0 Å². The van der Waals surface area contributed by atoms with Crippen molar-refractivity contribution in [2.24, 2.45) is 5.73 Å². The number of primary amides is 1. The summed E-state index contributed by atoms with van der Waals surface area (Å²) in [4.78, 5) is 111. The highest BCUT2D eigenvalue weighted by Crippen LogP contribution is 2.33. The molecule has 27 heteroatoms. The number of carbonyl (C=O) groups is 8.